The maximum absolute atomic E-state index is 12.4. The summed E-state index contributed by atoms with van der Waals surface area (Å²) < 4.78 is 1.16. The average Bonchev–Trinajstić information content (AvgIpc) is 2.42. The van der Waals surface area contributed by atoms with Gasteiger partial charge in [0.15, 0.2) is 0 Å². The fourth-order valence-electron chi connectivity index (χ4n) is 2.18. The van der Waals surface area contributed by atoms with Gasteiger partial charge in [-0.1, -0.05) is 0 Å². The van der Waals surface area contributed by atoms with Gasteiger partial charge in [0, 0.05) is 35.4 Å². The second-order valence-electron chi connectivity index (χ2n) is 5.26. The Labute approximate surface area is 128 Å². The third-order valence-electron chi connectivity index (χ3n) is 3.57. The summed E-state index contributed by atoms with van der Waals surface area (Å²) in [5.74, 6) is 0.0515. The topological polar surface area (TPSA) is 44.4 Å². The zero-order valence-electron chi connectivity index (χ0n) is 11.4. The van der Waals surface area contributed by atoms with Crippen LogP contribution in [-0.2, 0) is 4.79 Å². The fraction of sp³-hybridized carbons (Fsp3) is 0.500. The molecule has 1 aromatic rings. The van der Waals surface area contributed by atoms with Gasteiger partial charge >= 0.3 is 0 Å². The second kappa shape index (κ2) is 6.19. The fourth-order valence-corrected chi connectivity index (χ4v) is 2.54. The van der Waals surface area contributed by atoms with Crippen LogP contribution in [0.3, 0.4) is 0 Å². The number of carbonyl (C=O) groups is 1. The molecule has 2 rings (SSSR count). The van der Waals surface area contributed by atoms with E-state index >= 15 is 0 Å². The van der Waals surface area contributed by atoms with E-state index in [1.807, 2.05) is 38.1 Å². The Kier molecular flexibility index (Phi) is 4.81. The lowest BCUT2D eigenvalue weighted by Crippen LogP contribution is -2.58. The maximum Gasteiger partial charge on any atom is 0.244 e. The van der Waals surface area contributed by atoms with Crippen molar-refractivity contribution >= 4 is 34.2 Å². The highest BCUT2D eigenvalue weighted by Gasteiger charge is 2.35. The van der Waals surface area contributed by atoms with E-state index in [0.29, 0.717) is 0 Å². The average molecular weight is 373 g/mol. The Bertz CT molecular complexity index is 439. The van der Waals surface area contributed by atoms with Gasteiger partial charge in [-0.25, -0.2) is 0 Å². The van der Waals surface area contributed by atoms with Gasteiger partial charge in [0.05, 0.1) is 5.54 Å². The largest absolute Gasteiger partial charge is 0.324 e. The van der Waals surface area contributed by atoms with Crippen LogP contribution in [0.15, 0.2) is 24.3 Å². The van der Waals surface area contributed by atoms with Gasteiger partial charge in [-0.2, -0.15) is 0 Å². The zero-order valence-corrected chi connectivity index (χ0v) is 13.5. The molecule has 0 bridgehead atoms. The summed E-state index contributed by atoms with van der Waals surface area (Å²) in [6, 6.07) is 7.86. The van der Waals surface area contributed by atoms with E-state index in [9.17, 15) is 4.79 Å². The van der Waals surface area contributed by atoms with E-state index in [1.165, 1.54) is 0 Å². The molecule has 4 nitrogen and oxygen atoms in total. The Morgan fingerprint density at radius 3 is 2.42 bits per heavy atom. The predicted octanol–water partition coefficient (Wildman–Crippen LogP) is 1.91. The van der Waals surface area contributed by atoms with E-state index in [2.05, 4.69) is 38.1 Å². The molecule has 1 aliphatic rings. The molecule has 0 aliphatic carbocycles. The predicted molar refractivity (Wildman–Crippen MR) is 86.3 cm³/mol. The molecule has 0 spiro atoms. The van der Waals surface area contributed by atoms with Crippen LogP contribution in [0, 0.1) is 3.57 Å². The molecular formula is C14H20IN3O. The first kappa shape index (κ1) is 14.7. The van der Waals surface area contributed by atoms with Crippen molar-refractivity contribution in [3.8, 4) is 0 Å². The number of rotatable bonds is 3. The van der Waals surface area contributed by atoms with Crippen LogP contribution in [0.1, 0.15) is 13.8 Å². The lowest BCUT2D eigenvalue weighted by atomic mass is 10.0. The van der Waals surface area contributed by atoms with Crippen LogP contribution in [0.4, 0.5) is 5.69 Å². The summed E-state index contributed by atoms with van der Waals surface area (Å²) in [4.78, 5) is 14.7. The normalized spacial score (nSPS) is 17.2. The summed E-state index contributed by atoms with van der Waals surface area (Å²) in [5.41, 5.74) is 0.374. The SMILES string of the molecule is CC(C)(C(=O)Nc1ccc(I)cc1)N1CCNCC1. The third kappa shape index (κ3) is 3.67. The molecule has 0 atom stereocenters. The molecule has 1 heterocycles. The van der Waals surface area contributed by atoms with E-state index in [4.69, 9.17) is 0 Å². The van der Waals surface area contributed by atoms with Crippen LogP contribution in [0.5, 0.6) is 0 Å². The molecule has 1 aliphatic heterocycles. The monoisotopic (exact) mass is 373 g/mol. The van der Waals surface area contributed by atoms with Crippen molar-refractivity contribution in [2.45, 2.75) is 19.4 Å². The Morgan fingerprint density at radius 2 is 1.84 bits per heavy atom. The number of benzene rings is 1. The van der Waals surface area contributed by atoms with Crippen molar-refractivity contribution < 1.29 is 4.79 Å². The van der Waals surface area contributed by atoms with Crippen molar-refractivity contribution in [1.82, 2.24) is 10.2 Å². The van der Waals surface area contributed by atoms with Crippen LogP contribution in [0.25, 0.3) is 0 Å². The first-order valence-corrected chi connectivity index (χ1v) is 7.61. The molecule has 0 saturated carbocycles. The summed E-state index contributed by atoms with van der Waals surface area (Å²) in [7, 11) is 0. The van der Waals surface area contributed by atoms with Crippen LogP contribution >= 0.6 is 22.6 Å². The van der Waals surface area contributed by atoms with E-state index in [0.717, 1.165) is 35.4 Å². The highest BCUT2D eigenvalue weighted by Crippen LogP contribution is 2.19. The highest BCUT2D eigenvalue weighted by molar-refractivity contribution is 14.1. The molecule has 1 amide bonds. The first-order chi connectivity index (χ1) is 9.00. The van der Waals surface area contributed by atoms with Gasteiger partial charge in [0.2, 0.25) is 5.91 Å². The number of hydrogen-bond acceptors (Lipinski definition) is 3. The molecule has 2 N–H and O–H groups in total. The molecule has 5 heteroatoms. The van der Waals surface area contributed by atoms with Crippen molar-refractivity contribution in [3.63, 3.8) is 0 Å². The smallest absolute Gasteiger partial charge is 0.244 e. The molecular weight excluding hydrogens is 353 g/mol. The number of anilines is 1. The van der Waals surface area contributed by atoms with E-state index in [1.54, 1.807) is 0 Å². The number of nitrogens with one attached hydrogen (secondary N) is 2. The number of carbonyl (C=O) groups excluding carboxylic acids is 1. The number of hydrogen-bond donors (Lipinski definition) is 2. The summed E-state index contributed by atoms with van der Waals surface area (Å²) in [5, 5.41) is 6.31. The molecule has 0 radical (unpaired) electrons. The quantitative estimate of drug-likeness (QED) is 0.796. The lowest BCUT2D eigenvalue weighted by molar-refractivity contribution is -0.126. The molecule has 1 saturated heterocycles. The highest BCUT2D eigenvalue weighted by atomic mass is 127. The van der Waals surface area contributed by atoms with Gasteiger partial charge in [-0.3, -0.25) is 9.69 Å². The number of halogens is 1. The van der Waals surface area contributed by atoms with Gasteiger partial charge in [-0.05, 0) is 60.7 Å². The molecule has 104 valence electrons. The van der Waals surface area contributed by atoms with Crippen LogP contribution in [-0.4, -0.2) is 42.5 Å². The van der Waals surface area contributed by atoms with Gasteiger partial charge in [-0.15, -0.1) is 0 Å². The van der Waals surface area contributed by atoms with E-state index in [-0.39, 0.29) is 5.91 Å². The molecule has 0 unspecified atom stereocenters. The number of piperazine rings is 1. The minimum absolute atomic E-state index is 0.0515. The van der Waals surface area contributed by atoms with Crippen molar-refractivity contribution in [1.29, 1.82) is 0 Å². The summed E-state index contributed by atoms with van der Waals surface area (Å²) in [6.45, 7) is 7.68. The van der Waals surface area contributed by atoms with Gasteiger partial charge in [0.25, 0.3) is 0 Å². The Hall–Kier alpha value is -0.660. The van der Waals surface area contributed by atoms with Crippen molar-refractivity contribution in [2.24, 2.45) is 0 Å². The van der Waals surface area contributed by atoms with Gasteiger partial charge < -0.3 is 10.6 Å². The van der Waals surface area contributed by atoms with E-state index < -0.39 is 5.54 Å². The lowest BCUT2D eigenvalue weighted by Gasteiger charge is -2.39. The second-order valence-corrected chi connectivity index (χ2v) is 6.50. The molecule has 0 aromatic heterocycles. The van der Waals surface area contributed by atoms with Crippen LogP contribution in [0.2, 0.25) is 0 Å². The number of nitrogens with zero attached hydrogens (tertiary/aromatic N) is 1. The minimum atomic E-state index is -0.481. The Morgan fingerprint density at radius 1 is 1.26 bits per heavy atom. The zero-order chi connectivity index (χ0) is 13.9. The minimum Gasteiger partial charge on any atom is -0.324 e. The standard InChI is InChI=1S/C14H20IN3O/c1-14(2,18-9-7-16-8-10-18)13(19)17-12-5-3-11(15)4-6-12/h3-6,16H,7-10H2,1-2H3,(H,17,19). The molecule has 19 heavy (non-hydrogen) atoms. The van der Waals surface area contributed by atoms with Crippen molar-refractivity contribution in [3.05, 3.63) is 27.8 Å². The van der Waals surface area contributed by atoms with Crippen molar-refractivity contribution in [2.75, 3.05) is 31.5 Å². The number of amides is 1. The maximum atomic E-state index is 12.4. The van der Waals surface area contributed by atoms with Crippen LogP contribution < -0.4 is 10.6 Å². The van der Waals surface area contributed by atoms with Gasteiger partial charge in [0.1, 0.15) is 0 Å². The first-order valence-electron chi connectivity index (χ1n) is 6.53. The summed E-state index contributed by atoms with van der Waals surface area (Å²) in [6.07, 6.45) is 0. The third-order valence-corrected chi connectivity index (χ3v) is 4.28. The molecule has 1 aromatic carbocycles. The molecule has 1 fully saturated rings. The summed E-state index contributed by atoms with van der Waals surface area (Å²) >= 11 is 2.25. The Balaban J connectivity index is 2.03.